The number of hydrogen-bond donors (Lipinski definition) is 1. The Hall–Kier alpha value is -2.02. The van der Waals surface area contributed by atoms with Crippen molar-refractivity contribution < 1.29 is 27.8 Å². The minimum atomic E-state index is -1.13. The summed E-state index contributed by atoms with van der Waals surface area (Å²) in [4.78, 5) is 23.5. The van der Waals surface area contributed by atoms with Crippen LogP contribution in [-0.2, 0) is 19.1 Å². The van der Waals surface area contributed by atoms with Gasteiger partial charge in [-0.15, -0.1) is 0 Å². The fourth-order valence-electron chi connectivity index (χ4n) is 1.89. The normalized spacial score (nSPS) is 19.1. The zero-order valence-electron chi connectivity index (χ0n) is 11.4. The molecular weight excluding hydrogens is 284 g/mol. The van der Waals surface area contributed by atoms with E-state index >= 15 is 0 Å². The van der Waals surface area contributed by atoms with Crippen LogP contribution in [0, 0.1) is 11.6 Å². The van der Waals surface area contributed by atoms with Crippen LogP contribution in [0.15, 0.2) is 18.2 Å². The summed E-state index contributed by atoms with van der Waals surface area (Å²) in [7, 11) is 0. The minimum absolute atomic E-state index is 0.306. The van der Waals surface area contributed by atoms with Gasteiger partial charge in [-0.05, 0) is 31.9 Å². The van der Waals surface area contributed by atoms with Crippen molar-refractivity contribution in [2.75, 3.05) is 11.9 Å². The molecule has 1 heterocycles. The Morgan fingerprint density at radius 1 is 1.43 bits per heavy atom. The van der Waals surface area contributed by atoms with E-state index in [0.717, 1.165) is 24.6 Å². The molecule has 1 saturated heterocycles. The average Bonchev–Trinajstić information content (AvgIpc) is 2.97. The summed E-state index contributed by atoms with van der Waals surface area (Å²) in [6.45, 7) is 1.83. The van der Waals surface area contributed by atoms with E-state index in [2.05, 4.69) is 5.32 Å². The standard InChI is InChI=1S/C14H15F2NO4/c1-8(21-14(19)12-3-2-6-20-12)13(18)17-11-7-9(15)4-5-10(11)16/h4-5,7-8,12H,2-3,6H2,1H3,(H,17,18)/t8-,12-/m0/s1. The summed E-state index contributed by atoms with van der Waals surface area (Å²) in [6.07, 6.45) is -0.490. The molecule has 2 rings (SSSR count). The van der Waals surface area contributed by atoms with Gasteiger partial charge < -0.3 is 14.8 Å². The molecule has 1 aromatic carbocycles. The number of nitrogens with one attached hydrogen (secondary N) is 1. The van der Waals surface area contributed by atoms with Crippen molar-refractivity contribution >= 4 is 17.6 Å². The molecule has 114 valence electrons. The lowest BCUT2D eigenvalue weighted by Gasteiger charge is -2.16. The number of esters is 1. The molecule has 0 radical (unpaired) electrons. The first-order valence-electron chi connectivity index (χ1n) is 6.55. The summed E-state index contributed by atoms with van der Waals surface area (Å²) in [6, 6.07) is 2.68. The lowest BCUT2D eigenvalue weighted by molar-refractivity contribution is -0.162. The third kappa shape index (κ3) is 3.98. The lowest BCUT2D eigenvalue weighted by Crippen LogP contribution is -2.34. The number of anilines is 1. The zero-order valence-corrected chi connectivity index (χ0v) is 11.4. The third-order valence-electron chi connectivity index (χ3n) is 3.04. The van der Waals surface area contributed by atoms with E-state index in [4.69, 9.17) is 9.47 Å². The summed E-state index contributed by atoms with van der Waals surface area (Å²) in [5, 5.41) is 2.17. The largest absolute Gasteiger partial charge is 0.451 e. The zero-order chi connectivity index (χ0) is 15.4. The molecule has 0 aromatic heterocycles. The van der Waals surface area contributed by atoms with Gasteiger partial charge >= 0.3 is 5.97 Å². The van der Waals surface area contributed by atoms with E-state index in [0.29, 0.717) is 13.0 Å². The molecule has 0 spiro atoms. The van der Waals surface area contributed by atoms with Crippen LogP contribution >= 0.6 is 0 Å². The summed E-state index contributed by atoms with van der Waals surface area (Å²) in [5.41, 5.74) is -0.306. The molecule has 1 aliphatic rings. The summed E-state index contributed by atoms with van der Waals surface area (Å²) < 4.78 is 36.5. The topological polar surface area (TPSA) is 64.6 Å². The monoisotopic (exact) mass is 299 g/mol. The first-order valence-corrected chi connectivity index (χ1v) is 6.55. The Kier molecular flexibility index (Phi) is 4.85. The SMILES string of the molecule is C[C@H](OC(=O)[C@@H]1CCCO1)C(=O)Nc1cc(F)ccc1F. The van der Waals surface area contributed by atoms with Gasteiger partial charge in [0, 0.05) is 12.7 Å². The van der Waals surface area contributed by atoms with Crippen molar-refractivity contribution in [2.45, 2.75) is 32.0 Å². The second-order valence-corrected chi connectivity index (χ2v) is 4.69. The Morgan fingerprint density at radius 3 is 2.86 bits per heavy atom. The number of halogens is 2. The number of benzene rings is 1. The molecule has 0 aliphatic carbocycles. The van der Waals surface area contributed by atoms with Gasteiger partial charge in [0.05, 0.1) is 5.69 Å². The van der Waals surface area contributed by atoms with Gasteiger partial charge in [0.15, 0.2) is 12.2 Å². The van der Waals surface area contributed by atoms with E-state index in [9.17, 15) is 18.4 Å². The maximum Gasteiger partial charge on any atom is 0.336 e. The number of amides is 1. The quantitative estimate of drug-likeness (QED) is 0.864. The lowest BCUT2D eigenvalue weighted by atomic mass is 10.2. The molecule has 0 unspecified atom stereocenters. The van der Waals surface area contributed by atoms with Crippen LogP contribution in [0.3, 0.4) is 0 Å². The van der Waals surface area contributed by atoms with Crippen LogP contribution in [-0.4, -0.2) is 30.7 Å². The maximum absolute atomic E-state index is 13.4. The molecule has 1 N–H and O–H groups in total. The fraction of sp³-hybridized carbons (Fsp3) is 0.429. The van der Waals surface area contributed by atoms with Crippen LogP contribution in [0.2, 0.25) is 0 Å². The van der Waals surface area contributed by atoms with E-state index in [1.165, 1.54) is 6.92 Å². The summed E-state index contributed by atoms with van der Waals surface area (Å²) in [5.74, 6) is -2.83. The van der Waals surface area contributed by atoms with Gasteiger partial charge in [-0.25, -0.2) is 13.6 Å². The van der Waals surface area contributed by atoms with Crippen molar-refractivity contribution in [3.05, 3.63) is 29.8 Å². The maximum atomic E-state index is 13.4. The van der Waals surface area contributed by atoms with Crippen LogP contribution in [0.25, 0.3) is 0 Å². The van der Waals surface area contributed by atoms with Crippen molar-refractivity contribution in [1.29, 1.82) is 0 Å². The molecule has 0 saturated carbocycles. The predicted octanol–water partition coefficient (Wildman–Crippen LogP) is 2.01. The Bertz CT molecular complexity index is 544. The Morgan fingerprint density at radius 2 is 2.19 bits per heavy atom. The van der Waals surface area contributed by atoms with E-state index < -0.39 is 35.7 Å². The van der Waals surface area contributed by atoms with Gasteiger partial charge in [-0.2, -0.15) is 0 Å². The van der Waals surface area contributed by atoms with E-state index in [1.54, 1.807) is 0 Å². The molecule has 5 nitrogen and oxygen atoms in total. The van der Waals surface area contributed by atoms with Gasteiger partial charge in [0.1, 0.15) is 11.6 Å². The summed E-state index contributed by atoms with van der Waals surface area (Å²) >= 11 is 0. The van der Waals surface area contributed by atoms with Crippen LogP contribution in [0.5, 0.6) is 0 Å². The second-order valence-electron chi connectivity index (χ2n) is 4.69. The van der Waals surface area contributed by atoms with Crippen LogP contribution in [0.4, 0.5) is 14.5 Å². The molecule has 1 aliphatic heterocycles. The average molecular weight is 299 g/mol. The third-order valence-corrected chi connectivity index (χ3v) is 3.04. The van der Waals surface area contributed by atoms with Crippen molar-refractivity contribution in [1.82, 2.24) is 0 Å². The van der Waals surface area contributed by atoms with Crippen LogP contribution in [0.1, 0.15) is 19.8 Å². The number of ether oxygens (including phenoxy) is 2. The fourth-order valence-corrected chi connectivity index (χ4v) is 1.89. The van der Waals surface area contributed by atoms with Crippen molar-refractivity contribution in [2.24, 2.45) is 0 Å². The smallest absolute Gasteiger partial charge is 0.336 e. The highest BCUT2D eigenvalue weighted by Gasteiger charge is 2.28. The highest BCUT2D eigenvalue weighted by molar-refractivity contribution is 5.95. The molecule has 7 heteroatoms. The molecular formula is C14H15F2NO4. The number of carbonyl (C=O) groups excluding carboxylic acids is 2. The molecule has 1 fully saturated rings. The molecule has 1 amide bonds. The van der Waals surface area contributed by atoms with Gasteiger partial charge in [-0.3, -0.25) is 4.79 Å². The second kappa shape index (κ2) is 6.62. The van der Waals surface area contributed by atoms with Crippen molar-refractivity contribution in [3.63, 3.8) is 0 Å². The van der Waals surface area contributed by atoms with Gasteiger partial charge in [0.2, 0.25) is 0 Å². The molecule has 21 heavy (non-hydrogen) atoms. The number of carbonyl (C=O) groups is 2. The van der Waals surface area contributed by atoms with Gasteiger partial charge in [0.25, 0.3) is 5.91 Å². The van der Waals surface area contributed by atoms with Crippen LogP contribution < -0.4 is 5.32 Å². The highest BCUT2D eigenvalue weighted by Crippen LogP contribution is 2.17. The Labute approximate surface area is 120 Å². The Balaban J connectivity index is 1.93. The first kappa shape index (κ1) is 15.4. The molecule has 0 bridgehead atoms. The minimum Gasteiger partial charge on any atom is -0.451 e. The first-order chi connectivity index (χ1) is 9.97. The molecule has 1 aromatic rings. The number of rotatable bonds is 4. The van der Waals surface area contributed by atoms with Crippen molar-refractivity contribution in [3.8, 4) is 0 Å². The highest BCUT2D eigenvalue weighted by atomic mass is 19.1. The van der Waals surface area contributed by atoms with E-state index in [-0.39, 0.29) is 5.69 Å². The number of hydrogen-bond acceptors (Lipinski definition) is 4. The van der Waals surface area contributed by atoms with E-state index in [1.807, 2.05) is 0 Å². The predicted molar refractivity (Wildman–Crippen MR) is 69.5 cm³/mol. The molecule has 2 atom stereocenters. The van der Waals surface area contributed by atoms with Gasteiger partial charge in [-0.1, -0.05) is 0 Å².